The van der Waals surface area contributed by atoms with Crippen LogP contribution in [0.15, 0.2) is 16.1 Å². The molecule has 19 heavy (non-hydrogen) atoms. The summed E-state index contributed by atoms with van der Waals surface area (Å²) in [5.41, 5.74) is 0.484. The summed E-state index contributed by atoms with van der Waals surface area (Å²) in [6.45, 7) is 2.01. The third-order valence-electron chi connectivity index (χ3n) is 3.25. The third-order valence-corrected chi connectivity index (χ3v) is 5.26. The number of nitrogens with one attached hydrogen (secondary N) is 1. The van der Waals surface area contributed by atoms with Crippen molar-refractivity contribution in [1.82, 2.24) is 14.5 Å². The molecule has 0 aliphatic carbocycles. The summed E-state index contributed by atoms with van der Waals surface area (Å²) in [6, 6.07) is 0. The van der Waals surface area contributed by atoms with Gasteiger partial charge < -0.3 is 0 Å². The zero-order chi connectivity index (χ0) is 13.9. The van der Waals surface area contributed by atoms with Gasteiger partial charge in [-0.05, 0) is 26.2 Å². The molecule has 1 saturated heterocycles. The lowest BCUT2D eigenvalue weighted by atomic mass is 10.2. The molecule has 0 bridgehead atoms. The number of rotatable bonds is 3. The van der Waals surface area contributed by atoms with Crippen LogP contribution in [-0.2, 0) is 14.8 Å². The molecule has 1 atom stereocenters. The summed E-state index contributed by atoms with van der Waals surface area (Å²) >= 11 is 0. The first kappa shape index (κ1) is 13.9. The molecule has 1 unspecified atom stereocenters. The largest absolute Gasteiger partial charge is 0.281 e. The number of aliphatic imine (C=N–C) groups is 1. The van der Waals surface area contributed by atoms with Crippen molar-refractivity contribution in [3.8, 4) is 0 Å². The van der Waals surface area contributed by atoms with Gasteiger partial charge in [0, 0.05) is 6.54 Å². The molecule has 0 spiro atoms. The number of nitrogens with zero attached hydrogens (tertiary/aromatic N) is 3. The molecule has 104 valence electrons. The third kappa shape index (κ3) is 2.75. The van der Waals surface area contributed by atoms with E-state index in [1.807, 2.05) is 0 Å². The van der Waals surface area contributed by atoms with Gasteiger partial charge in [-0.25, -0.2) is 13.2 Å². The number of H-pyrrole nitrogens is 1. The van der Waals surface area contributed by atoms with Crippen LogP contribution in [-0.4, -0.2) is 41.7 Å². The van der Waals surface area contributed by atoms with E-state index in [-0.39, 0.29) is 4.90 Å². The lowest BCUT2D eigenvalue weighted by Crippen LogP contribution is -2.39. The van der Waals surface area contributed by atoms with Gasteiger partial charge in [-0.3, -0.25) is 5.10 Å². The normalized spacial score (nSPS) is 21.6. The molecule has 1 aromatic heterocycles. The van der Waals surface area contributed by atoms with E-state index in [2.05, 4.69) is 15.2 Å². The molecule has 2 heterocycles. The SMILES string of the molecule is Cc1[nH]ncc1S(=O)(=O)N1CCCCCC1N=C=O. The Balaban J connectivity index is 2.41. The molecule has 0 amide bonds. The van der Waals surface area contributed by atoms with Gasteiger partial charge in [0.05, 0.1) is 11.9 Å². The topological polar surface area (TPSA) is 95.5 Å². The van der Waals surface area contributed by atoms with E-state index in [0.29, 0.717) is 18.7 Å². The maximum absolute atomic E-state index is 12.6. The first-order chi connectivity index (χ1) is 9.07. The maximum atomic E-state index is 12.6. The van der Waals surface area contributed by atoms with Gasteiger partial charge in [0.2, 0.25) is 16.1 Å². The van der Waals surface area contributed by atoms with Crippen molar-refractivity contribution in [2.75, 3.05) is 6.54 Å². The van der Waals surface area contributed by atoms with Gasteiger partial charge in [0.25, 0.3) is 0 Å². The van der Waals surface area contributed by atoms with Crippen molar-refractivity contribution in [2.24, 2.45) is 4.99 Å². The Bertz CT molecular complexity index is 589. The Morgan fingerprint density at radius 1 is 1.47 bits per heavy atom. The lowest BCUT2D eigenvalue weighted by molar-refractivity contribution is 0.330. The number of sulfonamides is 1. The highest BCUT2D eigenvalue weighted by Crippen LogP contribution is 2.26. The van der Waals surface area contributed by atoms with Crippen molar-refractivity contribution in [3.05, 3.63) is 11.9 Å². The molecule has 1 aliphatic heterocycles. The van der Waals surface area contributed by atoms with Crippen LogP contribution >= 0.6 is 0 Å². The Morgan fingerprint density at radius 2 is 2.26 bits per heavy atom. The molecular weight excluding hydrogens is 268 g/mol. The molecule has 2 rings (SSSR count). The van der Waals surface area contributed by atoms with E-state index in [9.17, 15) is 13.2 Å². The minimum atomic E-state index is -3.68. The van der Waals surface area contributed by atoms with Gasteiger partial charge in [-0.1, -0.05) is 6.42 Å². The van der Waals surface area contributed by atoms with Gasteiger partial charge in [-0.15, -0.1) is 0 Å². The van der Waals surface area contributed by atoms with Gasteiger partial charge >= 0.3 is 0 Å². The summed E-state index contributed by atoms with van der Waals surface area (Å²) in [5, 5.41) is 6.35. The standard InChI is InChI=1S/C11H16N4O3S/c1-9-10(7-13-14-9)19(17,18)15-6-4-2-3-5-11(15)12-8-16/h7,11H,2-6H2,1H3,(H,13,14). The zero-order valence-electron chi connectivity index (χ0n) is 10.7. The molecule has 1 aliphatic rings. The highest BCUT2D eigenvalue weighted by Gasteiger charge is 2.34. The number of isocyanates is 1. The highest BCUT2D eigenvalue weighted by molar-refractivity contribution is 7.89. The first-order valence-corrected chi connectivity index (χ1v) is 7.60. The second kappa shape index (κ2) is 5.64. The highest BCUT2D eigenvalue weighted by atomic mass is 32.2. The number of hydrogen-bond acceptors (Lipinski definition) is 5. The molecule has 0 aromatic carbocycles. The summed E-state index contributed by atoms with van der Waals surface area (Å²) < 4.78 is 26.4. The molecule has 7 nitrogen and oxygen atoms in total. The fourth-order valence-corrected chi connectivity index (χ4v) is 3.97. The number of hydrogen-bond donors (Lipinski definition) is 1. The van der Waals surface area contributed by atoms with Gasteiger partial charge in [-0.2, -0.15) is 14.4 Å². The Hall–Kier alpha value is -1.50. The van der Waals surface area contributed by atoms with E-state index in [1.165, 1.54) is 16.6 Å². The number of aromatic amines is 1. The van der Waals surface area contributed by atoms with Crippen molar-refractivity contribution in [1.29, 1.82) is 0 Å². The van der Waals surface area contributed by atoms with E-state index < -0.39 is 16.2 Å². The second-order valence-electron chi connectivity index (χ2n) is 4.53. The Kier molecular flexibility index (Phi) is 4.14. The predicted octanol–water partition coefficient (Wildman–Crippen LogP) is 0.945. The molecule has 0 saturated carbocycles. The maximum Gasteiger partial charge on any atom is 0.248 e. The van der Waals surface area contributed by atoms with E-state index in [0.717, 1.165) is 19.3 Å². The Labute approximate surface area is 111 Å². The van der Waals surface area contributed by atoms with Crippen molar-refractivity contribution in [2.45, 2.75) is 43.7 Å². The number of aryl methyl sites for hydroxylation is 1. The van der Waals surface area contributed by atoms with Crippen LogP contribution in [0.1, 0.15) is 31.4 Å². The van der Waals surface area contributed by atoms with Crippen LogP contribution in [0, 0.1) is 6.92 Å². The fourth-order valence-electron chi connectivity index (χ4n) is 2.26. The van der Waals surface area contributed by atoms with Crippen LogP contribution in [0.3, 0.4) is 0 Å². The average Bonchev–Trinajstić information content (AvgIpc) is 2.66. The van der Waals surface area contributed by atoms with Crippen molar-refractivity contribution >= 4 is 16.1 Å². The summed E-state index contributed by atoms with van der Waals surface area (Å²) in [5.74, 6) is 0. The smallest absolute Gasteiger partial charge is 0.248 e. The molecule has 0 radical (unpaired) electrons. The lowest BCUT2D eigenvalue weighted by Gasteiger charge is -2.24. The van der Waals surface area contributed by atoms with Gasteiger partial charge in [0.1, 0.15) is 11.1 Å². The van der Waals surface area contributed by atoms with Crippen LogP contribution in [0.5, 0.6) is 0 Å². The molecule has 8 heteroatoms. The first-order valence-electron chi connectivity index (χ1n) is 6.16. The quantitative estimate of drug-likeness (QED) is 0.660. The summed E-state index contributed by atoms with van der Waals surface area (Å²) in [7, 11) is -3.68. The number of aromatic nitrogens is 2. The molecule has 1 N–H and O–H groups in total. The minimum absolute atomic E-state index is 0.139. The van der Waals surface area contributed by atoms with E-state index in [1.54, 1.807) is 6.92 Å². The van der Waals surface area contributed by atoms with Crippen molar-refractivity contribution < 1.29 is 13.2 Å². The van der Waals surface area contributed by atoms with Crippen LogP contribution in [0.2, 0.25) is 0 Å². The van der Waals surface area contributed by atoms with E-state index >= 15 is 0 Å². The fraction of sp³-hybridized carbons (Fsp3) is 0.636. The average molecular weight is 284 g/mol. The van der Waals surface area contributed by atoms with Crippen molar-refractivity contribution in [3.63, 3.8) is 0 Å². The Morgan fingerprint density at radius 3 is 2.89 bits per heavy atom. The second-order valence-corrected chi connectivity index (χ2v) is 6.38. The van der Waals surface area contributed by atoms with Crippen LogP contribution in [0.25, 0.3) is 0 Å². The minimum Gasteiger partial charge on any atom is -0.281 e. The summed E-state index contributed by atoms with van der Waals surface area (Å²) in [6.07, 6.45) is 5.21. The van der Waals surface area contributed by atoms with Crippen LogP contribution < -0.4 is 0 Å². The van der Waals surface area contributed by atoms with Gasteiger partial charge in [0.15, 0.2) is 0 Å². The number of carbonyl (C=O) groups excluding carboxylic acids is 1. The summed E-state index contributed by atoms with van der Waals surface area (Å²) in [4.78, 5) is 14.3. The monoisotopic (exact) mass is 284 g/mol. The predicted molar refractivity (Wildman–Crippen MR) is 67.6 cm³/mol. The van der Waals surface area contributed by atoms with E-state index in [4.69, 9.17) is 0 Å². The molecular formula is C11H16N4O3S. The molecule has 1 fully saturated rings. The molecule has 1 aromatic rings. The zero-order valence-corrected chi connectivity index (χ0v) is 11.5. The van der Waals surface area contributed by atoms with Crippen LogP contribution in [0.4, 0.5) is 0 Å².